The number of amides is 1. The molecule has 0 saturated heterocycles. The molecule has 0 aromatic carbocycles. The molecule has 0 aliphatic heterocycles. The van der Waals surface area contributed by atoms with Gasteiger partial charge in [0.1, 0.15) is 4.90 Å². The molecule has 8 nitrogen and oxygen atoms in total. The second-order valence-electron chi connectivity index (χ2n) is 4.47. The summed E-state index contributed by atoms with van der Waals surface area (Å²) in [5.41, 5.74) is 5.98. The van der Waals surface area contributed by atoms with Crippen molar-refractivity contribution in [1.29, 1.82) is 0 Å². The van der Waals surface area contributed by atoms with Gasteiger partial charge >= 0.3 is 0 Å². The maximum absolute atomic E-state index is 12.1. The minimum Gasteiger partial charge on any atom is -0.381 e. The standard InChI is InChI=1S/C10H19N5O3S/c1-6(2)13-8(16)5-12-19(17,18)9-7(3)15(4)14-10(9)11/h6,12H,5H2,1-4H3,(H2,11,14)(H,13,16). The number of nitrogens with two attached hydrogens (primary N) is 1. The molecule has 0 atom stereocenters. The lowest BCUT2D eigenvalue weighted by Gasteiger charge is -2.09. The Labute approximate surface area is 112 Å². The molecule has 0 aliphatic carbocycles. The molecule has 0 bridgehead atoms. The van der Waals surface area contributed by atoms with Crippen molar-refractivity contribution in [3.05, 3.63) is 5.69 Å². The van der Waals surface area contributed by atoms with Crippen molar-refractivity contribution in [3.63, 3.8) is 0 Å². The van der Waals surface area contributed by atoms with Crippen LogP contribution < -0.4 is 15.8 Å². The Morgan fingerprint density at radius 3 is 2.47 bits per heavy atom. The molecule has 0 aliphatic rings. The lowest BCUT2D eigenvalue weighted by atomic mass is 10.4. The Kier molecular flexibility index (Phi) is 4.53. The van der Waals surface area contributed by atoms with Crippen LogP contribution in [-0.2, 0) is 21.9 Å². The maximum Gasteiger partial charge on any atom is 0.246 e. The summed E-state index contributed by atoms with van der Waals surface area (Å²) in [6, 6.07) is -0.0535. The fourth-order valence-electron chi connectivity index (χ4n) is 1.55. The fraction of sp³-hybridized carbons (Fsp3) is 0.600. The van der Waals surface area contributed by atoms with E-state index in [1.54, 1.807) is 27.8 Å². The molecule has 1 aromatic rings. The van der Waals surface area contributed by atoms with Gasteiger partial charge in [0.25, 0.3) is 0 Å². The summed E-state index contributed by atoms with van der Waals surface area (Å²) < 4.78 is 27.7. The van der Waals surface area contributed by atoms with Crippen molar-refractivity contribution in [2.24, 2.45) is 7.05 Å². The van der Waals surface area contributed by atoms with E-state index in [1.807, 2.05) is 0 Å². The van der Waals surface area contributed by atoms with Crippen LogP contribution in [0.15, 0.2) is 4.90 Å². The van der Waals surface area contributed by atoms with E-state index in [1.165, 1.54) is 4.68 Å². The van der Waals surface area contributed by atoms with Gasteiger partial charge in [-0.2, -0.15) is 5.10 Å². The first-order valence-electron chi connectivity index (χ1n) is 5.73. The van der Waals surface area contributed by atoms with Gasteiger partial charge in [-0.05, 0) is 20.8 Å². The number of carbonyl (C=O) groups excluding carboxylic acids is 1. The zero-order chi connectivity index (χ0) is 14.8. The summed E-state index contributed by atoms with van der Waals surface area (Å²) >= 11 is 0. The van der Waals surface area contributed by atoms with Crippen LogP contribution in [0.25, 0.3) is 0 Å². The van der Waals surface area contributed by atoms with E-state index >= 15 is 0 Å². The molecule has 0 saturated carbocycles. The van der Waals surface area contributed by atoms with E-state index < -0.39 is 15.9 Å². The predicted octanol–water partition coefficient (Wildman–Crippen LogP) is -0.886. The molecule has 0 fully saturated rings. The number of nitrogens with one attached hydrogen (secondary N) is 2. The zero-order valence-electron chi connectivity index (χ0n) is 11.4. The van der Waals surface area contributed by atoms with E-state index in [0.29, 0.717) is 5.69 Å². The second-order valence-corrected chi connectivity index (χ2v) is 6.17. The van der Waals surface area contributed by atoms with E-state index in [-0.39, 0.29) is 23.3 Å². The van der Waals surface area contributed by atoms with E-state index in [9.17, 15) is 13.2 Å². The third-order valence-corrected chi connectivity index (χ3v) is 4.01. The monoisotopic (exact) mass is 289 g/mol. The number of hydrogen-bond donors (Lipinski definition) is 3. The van der Waals surface area contributed by atoms with Crippen LogP contribution in [-0.4, -0.2) is 36.7 Å². The molecule has 4 N–H and O–H groups in total. The third kappa shape index (κ3) is 3.67. The lowest BCUT2D eigenvalue weighted by molar-refractivity contribution is -0.120. The van der Waals surface area contributed by atoms with Crippen LogP contribution in [0.1, 0.15) is 19.5 Å². The smallest absolute Gasteiger partial charge is 0.246 e. The highest BCUT2D eigenvalue weighted by atomic mass is 32.2. The highest BCUT2D eigenvalue weighted by Crippen LogP contribution is 2.20. The van der Waals surface area contributed by atoms with Crippen molar-refractivity contribution < 1.29 is 13.2 Å². The number of aromatic nitrogens is 2. The van der Waals surface area contributed by atoms with Gasteiger partial charge in [0.05, 0.1) is 12.2 Å². The van der Waals surface area contributed by atoms with Crippen molar-refractivity contribution in [1.82, 2.24) is 19.8 Å². The SMILES string of the molecule is Cc1c(S(=O)(=O)NCC(=O)NC(C)C)c(N)nn1C. The molecular formula is C10H19N5O3S. The molecule has 1 rings (SSSR count). The van der Waals surface area contributed by atoms with Crippen LogP contribution in [0.4, 0.5) is 5.82 Å². The van der Waals surface area contributed by atoms with Crippen LogP contribution in [0.3, 0.4) is 0 Å². The summed E-state index contributed by atoms with van der Waals surface area (Å²) in [6.07, 6.45) is 0. The molecule has 1 aromatic heterocycles. The molecule has 0 unspecified atom stereocenters. The molecule has 1 heterocycles. The summed E-state index contributed by atoms with van der Waals surface area (Å²) in [5.74, 6) is -0.490. The number of aryl methyl sites for hydroxylation is 1. The topological polar surface area (TPSA) is 119 Å². The minimum atomic E-state index is -3.85. The van der Waals surface area contributed by atoms with Crippen molar-refractivity contribution >= 4 is 21.7 Å². The number of sulfonamides is 1. The molecule has 0 spiro atoms. The number of hydrogen-bond acceptors (Lipinski definition) is 5. The summed E-state index contributed by atoms with van der Waals surface area (Å²) in [6.45, 7) is 4.83. The summed E-state index contributed by atoms with van der Waals surface area (Å²) in [7, 11) is -2.26. The Morgan fingerprint density at radius 1 is 1.47 bits per heavy atom. The first-order chi connectivity index (χ1) is 8.65. The number of rotatable bonds is 5. The molecule has 0 radical (unpaired) electrons. The van der Waals surface area contributed by atoms with Crippen LogP contribution in [0.2, 0.25) is 0 Å². The van der Waals surface area contributed by atoms with Gasteiger partial charge in [-0.25, -0.2) is 13.1 Å². The largest absolute Gasteiger partial charge is 0.381 e. The van der Waals surface area contributed by atoms with Gasteiger partial charge in [-0.1, -0.05) is 0 Å². The third-order valence-electron chi connectivity index (χ3n) is 2.45. The summed E-state index contributed by atoms with van der Waals surface area (Å²) in [5, 5.41) is 6.41. The van der Waals surface area contributed by atoms with Crippen LogP contribution in [0, 0.1) is 6.92 Å². The van der Waals surface area contributed by atoms with Gasteiger partial charge in [-0.3, -0.25) is 9.48 Å². The molecule has 19 heavy (non-hydrogen) atoms. The van der Waals surface area contributed by atoms with E-state index in [0.717, 1.165) is 0 Å². The fourth-order valence-corrected chi connectivity index (χ4v) is 2.85. The summed E-state index contributed by atoms with van der Waals surface area (Å²) in [4.78, 5) is 11.3. The average Bonchev–Trinajstić information content (AvgIpc) is 2.50. The Bertz CT molecular complexity index is 576. The van der Waals surface area contributed by atoms with Crippen LogP contribution >= 0.6 is 0 Å². The van der Waals surface area contributed by atoms with Gasteiger partial charge in [0, 0.05) is 13.1 Å². The highest BCUT2D eigenvalue weighted by molar-refractivity contribution is 7.89. The second kappa shape index (κ2) is 5.57. The normalized spacial score (nSPS) is 11.8. The van der Waals surface area contributed by atoms with E-state index in [2.05, 4.69) is 15.1 Å². The first-order valence-corrected chi connectivity index (χ1v) is 7.21. The Morgan fingerprint density at radius 2 is 2.05 bits per heavy atom. The van der Waals surface area contributed by atoms with Gasteiger partial charge < -0.3 is 11.1 Å². The first kappa shape index (κ1) is 15.4. The van der Waals surface area contributed by atoms with Gasteiger partial charge in [0.15, 0.2) is 5.82 Å². The highest BCUT2D eigenvalue weighted by Gasteiger charge is 2.25. The van der Waals surface area contributed by atoms with Gasteiger partial charge in [-0.15, -0.1) is 0 Å². The van der Waals surface area contributed by atoms with Crippen molar-refractivity contribution in [2.45, 2.75) is 31.7 Å². The van der Waals surface area contributed by atoms with Crippen molar-refractivity contribution in [2.75, 3.05) is 12.3 Å². The average molecular weight is 289 g/mol. The number of nitrogen functional groups attached to an aromatic ring is 1. The van der Waals surface area contributed by atoms with E-state index in [4.69, 9.17) is 5.73 Å². The van der Waals surface area contributed by atoms with Crippen molar-refractivity contribution in [3.8, 4) is 0 Å². The van der Waals surface area contributed by atoms with Crippen LogP contribution in [0.5, 0.6) is 0 Å². The number of anilines is 1. The Hall–Kier alpha value is -1.61. The maximum atomic E-state index is 12.1. The minimum absolute atomic E-state index is 0.0535. The molecule has 108 valence electrons. The molecule has 9 heteroatoms. The Balaban J connectivity index is 2.85. The molecular weight excluding hydrogens is 270 g/mol. The number of carbonyl (C=O) groups is 1. The lowest BCUT2D eigenvalue weighted by Crippen LogP contribution is -2.40. The predicted molar refractivity (Wildman–Crippen MR) is 70.8 cm³/mol. The number of nitrogens with zero attached hydrogens (tertiary/aromatic N) is 2. The quantitative estimate of drug-likeness (QED) is 0.650. The van der Waals surface area contributed by atoms with Gasteiger partial charge in [0.2, 0.25) is 15.9 Å². The molecule has 1 amide bonds. The zero-order valence-corrected chi connectivity index (χ0v) is 12.2.